The highest BCUT2D eigenvalue weighted by atomic mass is 32.2. The monoisotopic (exact) mass is 306 g/mol. The van der Waals surface area contributed by atoms with Crippen molar-refractivity contribution in [3.05, 3.63) is 48.1 Å². The first-order valence-electron chi connectivity index (χ1n) is 5.69. The van der Waals surface area contributed by atoms with Gasteiger partial charge in [0.1, 0.15) is 0 Å². The van der Waals surface area contributed by atoms with Crippen LogP contribution in [0.5, 0.6) is 0 Å². The smallest absolute Gasteiger partial charge is 0.0578 e. The molecule has 1 aliphatic heterocycles. The van der Waals surface area contributed by atoms with Crippen molar-refractivity contribution < 1.29 is 0 Å². The minimum Gasteiger partial charge on any atom is -0.142 e. The van der Waals surface area contributed by atoms with Crippen LogP contribution in [0.1, 0.15) is 25.0 Å². The maximum atomic E-state index is 2.28. The molecule has 0 spiro atoms. The van der Waals surface area contributed by atoms with Crippen LogP contribution < -0.4 is 0 Å². The molecule has 0 aromatic carbocycles. The van der Waals surface area contributed by atoms with E-state index in [1.165, 1.54) is 40.5 Å². The van der Waals surface area contributed by atoms with Gasteiger partial charge >= 0.3 is 0 Å². The molecule has 0 nitrogen and oxygen atoms in total. The zero-order valence-electron chi connectivity index (χ0n) is 9.94. The third kappa shape index (κ3) is 1.46. The number of thioether (sulfide) groups is 2. The van der Waals surface area contributed by atoms with Gasteiger partial charge in [-0.25, -0.2) is 0 Å². The van der Waals surface area contributed by atoms with Gasteiger partial charge < -0.3 is 0 Å². The Bertz CT molecular complexity index is 653. The van der Waals surface area contributed by atoms with Crippen LogP contribution >= 0.6 is 46.2 Å². The van der Waals surface area contributed by atoms with Gasteiger partial charge in [0.25, 0.3) is 0 Å². The summed E-state index contributed by atoms with van der Waals surface area (Å²) in [5.74, 6) is 0. The van der Waals surface area contributed by atoms with Crippen LogP contribution in [-0.2, 0) is 0 Å². The summed E-state index contributed by atoms with van der Waals surface area (Å²) in [4.78, 5) is 5.82. The second-order valence-corrected chi connectivity index (χ2v) is 8.85. The first-order valence-corrected chi connectivity index (χ1v) is 9.08. The maximum absolute atomic E-state index is 2.28. The molecule has 4 heteroatoms. The van der Waals surface area contributed by atoms with Crippen LogP contribution in [0.15, 0.2) is 36.9 Å². The largest absolute Gasteiger partial charge is 0.142 e. The zero-order chi connectivity index (χ0) is 12.3. The van der Waals surface area contributed by atoms with Crippen molar-refractivity contribution in [3.8, 4) is 9.75 Å². The molecule has 0 N–H and O–H groups in total. The van der Waals surface area contributed by atoms with Gasteiger partial charge in [-0.3, -0.25) is 0 Å². The van der Waals surface area contributed by atoms with E-state index in [-0.39, 0.29) is 0 Å². The van der Waals surface area contributed by atoms with Crippen LogP contribution in [0.4, 0.5) is 0 Å². The predicted molar refractivity (Wildman–Crippen MR) is 87.2 cm³/mol. The van der Waals surface area contributed by atoms with E-state index in [4.69, 9.17) is 0 Å². The zero-order valence-corrected chi connectivity index (χ0v) is 13.2. The first kappa shape index (κ1) is 11.4. The summed E-state index contributed by atoms with van der Waals surface area (Å²) in [5, 5.41) is 4.43. The highest BCUT2D eigenvalue weighted by molar-refractivity contribution is 8.28. The summed E-state index contributed by atoms with van der Waals surface area (Å²) >= 11 is 7.61. The SMILES string of the molecule is CC1=C(C)SC(=C2c3ccsc3-c3sccc32)S1. The van der Waals surface area contributed by atoms with Crippen molar-refractivity contribution in [2.75, 3.05) is 0 Å². The highest BCUT2D eigenvalue weighted by Gasteiger charge is 2.30. The average molecular weight is 307 g/mol. The Morgan fingerprint density at radius 2 is 1.28 bits per heavy atom. The minimum atomic E-state index is 1.44. The van der Waals surface area contributed by atoms with Crippen LogP contribution in [0.25, 0.3) is 15.3 Å². The standard InChI is InChI=1S/C14H10S4/c1-7-8(2)18-14(17-7)11-9-3-5-15-12(9)13-10(11)4-6-16-13/h3-6H,1-2H3. The molecular formula is C14H10S4. The van der Waals surface area contributed by atoms with Crippen molar-refractivity contribution in [2.24, 2.45) is 0 Å². The van der Waals surface area contributed by atoms with Crippen molar-refractivity contribution in [1.82, 2.24) is 0 Å². The fourth-order valence-corrected chi connectivity index (χ4v) is 6.93. The number of thiophene rings is 2. The van der Waals surface area contributed by atoms with E-state index in [1.54, 1.807) is 0 Å². The molecule has 1 aliphatic carbocycles. The Hall–Kier alpha value is -0.420. The van der Waals surface area contributed by atoms with Crippen LogP contribution in [0.3, 0.4) is 0 Å². The molecular weight excluding hydrogens is 296 g/mol. The molecule has 2 aromatic rings. The number of hydrogen-bond acceptors (Lipinski definition) is 4. The van der Waals surface area contributed by atoms with Gasteiger partial charge in [0.05, 0.1) is 14.0 Å². The van der Waals surface area contributed by atoms with E-state index >= 15 is 0 Å². The van der Waals surface area contributed by atoms with Gasteiger partial charge in [-0.05, 0) is 46.6 Å². The van der Waals surface area contributed by atoms with Crippen molar-refractivity contribution in [3.63, 3.8) is 0 Å². The van der Waals surface area contributed by atoms with E-state index in [0.717, 1.165) is 0 Å². The summed E-state index contributed by atoms with van der Waals surface area (Å²) in [6, 6.07) is 4.55. The first-order chi connectivity index (χ1) is 8.75. The molecule has 0 radical (unpaired) electrons. The summed E-state index contributed by atoms with van der Waals surface area (Å²) in [7, 11) is 0. The van der Waals surface area contributed by atoms with E-state index < -0.39 is 0 Å². The van der Waals surface area contributed by atoms with Crippen molar-refractivity contribution in [1.29, 1.82) is 0 Å². The lowest BCUT2D eigenvalue weighted by atomic mass is 10.1. The fraction of sp³-hybridized carbons (Fsp3) is 0.143. The quantitative estimate of drug-likeness (QED) is 0.482. The van der Waals surface area contributed by atoms with Gasteiger partial charge in [-0.15, -0.1) is 22.7 Å². The molecule has 4 rings (SSSR count). The predicted octanol–water partition coefficient (Wildman–Crippen LogP) is 6.24. The fourth-order valence-electron chi connectivity index (χ4n) is 2.27. The molecule has 0 saturated heterocycles. The van der Waals surface area contributed by atoms with Crippen LogP contribution in [0.2, 0.25) is 0 Å². The van der Waals surface area contributed by atoms with Gasteiger partial charge in [-0.2, -0.15) is 0 Å². The third-order valence-corrected chi connectivity index (χ3v) is 7.89. The van der Waals surface area contributed by atoms with E-state index in [2.05, 4.69) is 36.7 Å². The Balaban J connectivity index is 1.97. The molecule has 0 amide bonds. The van der Waals surface area contributed by atoms with Crippen LogP contribution in [-0.4, -0.2) is 0 Å². The summed E-state index contributed by atoms with van der Waals surface area (Å²) in [6.07, 6.45) is 0. The lowest BCUT2D eigenvalue weighted by Crippen LogP contribution is -1.80. The normalized spacial score (nSPS) is 17.7. The topological polar surface area (TPSA) is 0 Å². The minimum absolute atomic E-state index is 1.44. The van der Waals surface area contributed by atoms with E-state index in [0.29, 0.717) is 0 Å². The summed E-state index contributed by atoms with van der Waals surface area (Å²) < 4.78 is 1.46. The molecule has 2 aromatic heterocycles. The van der Waals surface area contributed by atoms with Crippen molar-refractivity contribution in [2.45, 2.75) is 13.8 Å². The highest BCUT2D eigenvalue weighted by Crippen LogP contribution is 2.58. The van der Waals surface area contributed by atoms with Gasteiger partial charge in [0.15, 0.2) is 0 Å². The van der Waals surface area contributed by atoms with Gasteiger partial charge in [0.2, 0.25) is 0 Å². The molecule has 0 saturated carbocycles. The van der Waals surface area contributed by atoms with Crippen LogP contribution in [0, 0.1) is 0 Å². The van der Waals surface area contributed by atoms with Crippen molar-refractivity contribution >= 4 is 51.8 Å². The molecule has 90 valence electrons. The Labute approximate surface area is 123 Å². The number of hydrogen-bond donors (Lipinski definition) is 0. The molecule has 3 heterocycles. The number of fused-ring (bicyclic) bond motifs is 3. The molecule has 0 bridgehead atoms. The summed E-state index contributed by atoms with van der Waals surface area (Å²) in [5.41, 5.74) is 4.35. The lowest BCUT2D eigenvalue weighted by molar-refractivity contribution is 1.57. The van der Waals surface area contributed by atoms with Gasteiger partial charge in [0, 0.05) is 16.7 Å². The van der Waals surface area contributed by atoms with Gasteiger partial charge in [-0.1, -0.05) is 23.5 Å². The lowest BCUT2D eigenvalue weighted by Gasteiger charge is -2.04. The third-order valence-electron chi connectivity index (χ3n) is 3.27. The maximum Gasteiger partial charge on any atom is 0.0578 e. The second-order valence-electron chi connectivity index (χ2n) is 4.31. The Morgan fingerprint density at radius 1 is 0.778 bits per heavy atom. The number of allylic oxidation sites excluding steroid dienone is 2. The molecule has 2 aliphatic rings. The molecule has 18 heavy (non-hydrogen) atoms. The summed E-state index contributed by atoms with van der Waals surface area (Å²) in [6.45, 7) is 4.44. The molecule has 0 fully saturated rings. The Kier molecular flexibility index (Phi) is 2.56. The van der Waals surface area contributed by atoms with E-state index in [9.17, 15) is 0 Å². The molecule has 0 unspecified atom stereocenters. The average Bonchev–Trinajstić information content (AvgIpc) is 3.02. The second kappa shape index (κ2) is 4.04. The Morgan fingerprint density at radius 3 is 1.78 bits per heavy atom. The molecule has 0 atom stereocenters. The number of rotatable bonds is 0. The van der Waals surface area contributed by atoms with E-state index in [1.807, 2.05) is 46.2 Å².